The summed E-state index contributed by atoms with van der Waals surface area (Å²) in [5, 5.41) is 14.5. The number of aliphatic carboxylic acids is 1. The number of carboxylic acid groups (broad SMARTS) is 1. The number of carbonyl (C=O) groups is 2. The van der Waals surface area contributed by atoms with Crippen molar-refractivity contribution in [1.82, 2.24) is 10.6 Å². The Labute approximate surface area is 101 Å². The zero-order chi connectivity index (χ0) is 12.7. The fourth-order valence-corrected chi connectivity index (χ4v) is 1.66. The molecule has 0 radical (unpaired) electrons. The van der Waals surface area contributed by atoms with Crippen molar-refractivity contribution in [3.63, 3.8) is 0 Å². The molecule has 6 heteroatoms. The Morgan fingerprint density at radius 1 is 1.59 bits per heavy atom. The predicted molar refractivity (Wildman–Crippen MR) is 61.7 cm³/mol. The topological polar surface area (TPSA) is 87.7 Å². The van der Waals surface area contributed by atoms with Crippen LogP contribution in [0.25, 0.3) is 0 Å². The van der Waals surface area contributed by atoms with E-state index in [1.54, 1.807) is 0 Å². The maximum atomic E-state index is 11.7. The van der Waals surface area contributed by atoms with Crippen molar-refractivity contribution in [3.8, 4) is 0 Å². The number of hydrogen-bond acceptors (Lipinski definition) is 4. The summed E-state index contributed by atoms with van der Waals surface area (Å²) in [7, 11) is 0. The molecule has 2 unspecified atom stereocenters. The van der Waals surface area contributed by atoms with E-state index in [0.717, 1.165) is 19.4 Å². The van der Waals surface area contributed by atoms with Gasteiger partial charge < -0.3 is 20.5 Å². The first kappa shape index (κ1) is 13.9. The molecule has 1 saturated heterocycles. The standard InChI is InChI=1S/C11H20N2O4/c1-2-3-4-8(11(15)16)13-10(14)9-7-12-5-6-17-9/h8-9,12H,2-7H2,1H3,(H,13,14)(H,15,16). The lowest BCUT2D eigenvalue weighted by Crippen LogP contribution is -2.52. The molecule has 1 amide bonds. The third-order valence-electron chi connectivity index (χ3n) is 2.68. The largest absolute Gasteiger partial charge is 0.480 e. The molecule has 0 saturated carbocycles. The summed E-state index contributed by atoms with van der Waals surface area (Å²) in [6.07, 6.45) is 1.56. The average molecular weight is 244 g/mol. The minimum Gasteiger partial charge on any atom is -0.480 e. The van der Waals surface area contributed by atoms with Gasteiger partial charge in [0.25, 0.3) is 5.91 Å². The van der Waals surface area contributed by atoms with Gasteiger partial charge in [-0.2, -0.15) is 0 Å². The third kappa shape index (κ3) is 4.70. The summed E-state index contributed by atoms with van der Waals surface area (Å²) in [5.41, 5.74) is 0. The molecule has 6 nitrogen and oxygen atoms in total. The van der Waals surface area contributed by atoms with Crippen LogP contribution in [0.3, 0.4) is 0 Å². The van der Waals surface area contributed by atoms with Gasteiger partial charge in [-0.3, -0.25) is 4.79 Å². The van der Waals surface area contributed by atoms with Crippen LogP contribution in [0.2, 0.25) is 0 Å². The van der Waals surface area contributed by atoms with E-state index in [1.807, 2.05) is 6.92 Å². The fraction of sp³-hybridized carbons (Fsp3) is 0.818. The molecule has 0 aromatic carbocycles. The third-order valence-corrected chi connectivity index (χ3v) is 2.68. The molecule has 1 fully saturated rings. The van der Waals surface area contributed by atoms with Gasteiger partial charge in [0.15, 0.2) is 0 Å². The Bertz CT molecular complexity index is 264. The van der Waals surface area contributed by atoms with E-state index in [4.69, 9.17) is 9.84 Å². The smallest absolute Gasteiger partial charge is 0.326 e. The molecular weight excluding hydrogens is 224 g/mol. The molecule has 98 valence electrons. The number of carboxylic acids is 1. The number of unbranched alkanes of at least 4 members (excludes halogenated alkanes) is 1. The van der Waals surface area contributed by atoms with Crippen LogP contribution in [0.4, 0.5) is 0 Å². The highest BCUT2D eigenvalue weighted by Gasteiger charge is 2.26. The maximum Gasteiger partial charge on any atom is 0.326 e. The lowest BCUT2D eigenvalue weighted by Gasteiger charge is -2.24. The van der Waals surface area contributed by atoms with E-state index in [1.165, 1.54) is 0 Å². The van der Waals surface area contributed by atoms with Crippen molar-refractivity contribution in [2.24, 2.45) is 0 Å². The quantitative estimate of drug-likeness (QED) is 0.599. The molecule has 1 rings (SSSR count). The van der Waals surface area contributed by atoms with E-state index in [2.05, 4.69) is 10.6 Å². The highest BCUT2D eigenvalue weighted by Crippen LogP contribution is 2.03. The van der Waals surface area contributed by atoms with Crippen molar-refractivity contribution in [2.75, 3.05) is 19.7 Å². The van der Waals surface area contributed by atoms with E-state index in [0.29, 0.717) is 19.6 Å². The van der Waals surface area contributed by atoms with E-state index >= 15 is 0 Å². The average Bonchev–Trinajstić information content (AvgIpc) is 2.35. The monoisotopic (exact) mass is 244 g/mol. The van der Waals surface area contributed by atoms with E-state index in [-0.39, 0.29) is 5.91 Å². The molecule has 0 spiro atoms. The van der Waals surface area contributed by atoms with Crippen LogP contribution in [0.5, 0.6) is 0 Å². The van der Waals surface area contributed by atoms with Gasteiger partial charge in [0.2, 0.25) is 0 Å². The molecule has 1 heterocycles. The van der Waals surface area contributed by atoms with Crippen molar-refractivity contribution in [2.45, 2.75) is 38.3 Å². The number of rotatable bonds is 6. The van der Waals surface area contributed by atoms with Gasteiger partial charge in [-0.15, -0.1) is 0 Å². The van der Waals surface area contributed by atoms with Crippen molar-refractivity contribution >= 4 is 11.9 Å². The van der Waals surface area contributed by atoms with E-state index in [9.17, 15) is 9.59 Å². The SMILES string of the molecule is CCCCC(NC(=O)C1CNCCO1)C(=O)O. The number of amides is 1. The second kappa shape index (κ2) is 7.24. The summed E-state index contributed by atoms with van der Waals surface area (Å²) >= 11 is 0. The Balaban J connectivity index is 2.42. The Morgan fingerprint density at radius 3 is 2.88 bits per heavy atom. The molecule has 0 bridgehead atoms. The van der Waals surface area contributed by atoms with Gasteiger partial charge in [0.1, 0.15) is 12.1 Å². The van der Waals surface area contributed by atoms with Crippen LogP contribution < -0.4 is 10.6 Å². The number of carbonyl (C=O) groups excluding carboxylic acids is 1. The van der Waals surface area contributed by atoms with Gasteiger partial charge in [-0.05, 0) is 6.42 Å². The van der Waals surface area contributed by atoms with Gasteiger partial charge in [-0.25, -0.2) is 4.79 Å². The lowest BCUT2D eigenvalue weighted by atomic mass is 10.1. The van der Waals surface area contributed by atoms with Gasteiger partial charge >= 0.3 is 5.97 Å². The highest BCUT2D eigenvalue weighted by atomic mass is 16.5. The van der Waals surface area contributed by atoms with Crippen molar-refractivity contribution in [3.05, 3.63) is 0 Å². The fourth-order valence-electron chi connectivity index (χ4n) is 1.66. The lowest BCUT2D eigenvalue weighted by molar-refractivity contribution is -0.145. The van der Waals surface area contributed by atoms with Crippen molar-refractivity contribution in [1.29, 1.82) is 0 Å². The zero-order valence-corrected chi connectivity index (χ0v) is 10.1. The first-order valence-electron chi connectivity index (χ1n) is 6.00. The molecule has 0 aromatic heterocycles. The molecular formula is C11H20N2O4. The second-order valence-electron chi connectivity index (χ2n) is 4.11. The molecule has 1 aliphatic heterocycles. The van der Waals surface area contributed by atoms with Crippen LogP contribution >= 0.6 is 0 Å². The summed E-state index contributed by atoms with van der Waals surface area (Å²) in [6, 6.07) is -0.812. The minimum absolute atomic E-state index is 0.347. The van der Waals surface area contributed by atoms with Crippen LogP contribution in [0.1, 0.15) is 26.2 Å². The Hall–Kier alpha value is -1.14. The van der Waals surface area contributed by atoms with Crippen LogP contribution in [0.15, 0.2) is 0 Å². The molecule has 0 aromatic rings. The van der Waals surface area contributed by atoms with Gasteiger partial charge in [0, 0.05) is 13.1 Å². The van der Waals surface area contributed by atoms with Crippen LogP contribution in [-0.2, 0) is 14.3 Å². The summed E-state index contributed by atoms with van der Waals surface area (Å²) in [4.78, 5) is 22.7. The predicted octanol–water partition coefficient (Wildman–Crippen LogP) is -0.266. The first-order chi connectivity index (χ1) is 8.15. The molecule has 1 aliphatic rings. The summed E-state index contributed by atoms with van der Waals surface area (Å²) < 4.78 is 5.26. The number of ether oxygens (including phenoxy) is 1. The zero-order valence-electron chi connectivity index (χ0n) is 10.1. The van der Waals surface area contributed by atoms with Gasteiger partial charge in [-0.1, -0.05) is 19.8 Å². The summed E-state index contributed by atoms with van der Waals surface area (Å²) in [5.74, 6) is -1.34. The highest BCUT2D eigenvalue weighted by molar-refractivity contribution is 5.86. The molecule has 17 heavy (non-hydrogen) atoms. The number of hydrogen-bond donors (Lipinski definition) is 3. The first-order valence-corrected chi connectivity index (χ1v) is 6.00. The Morgan fingerprint density at radius 2 is 2.35 bits per heavy atom. The number of nitrogens with one attached hydrogen (secondary N) is 2. The normalized spacial score (nSPS) is 21.8. The minimum atomic E-state index is -0.990. The Kier molecular flexibility index (Phi) is 5.93. The second-order valence-corrected chi connectivity index (χ2v) is 4.11. The summed E-state index contributed by atoms with van der Waals surface area (Å²) in [6.45, 7) is 3.62. The molecule has 2 atom stereocenters. The van der Waals surface area contributed by atoms with E-state index < -0.39 is 18.1 Å². The maximum absolute atomic E-state index is 11.7. The van der Waals surface area contributed by atoms with Crippen LogP contribution in [0, 0.1) is 0 Å². The molecule has 0 aliphatic carbocycles. The van der Waals surface area contributed by atoms with Crippen molar-refractivity contribution < 1.29 is 19.4 Å². The molecule has 3 N–H and O–H groups in total. The van der Waals surface area contributed by atoms with Crippen LogP contribution in [-0.4, -0.2) is 48.8 Å². The number of morpholine rings is 1. The van der Waals surface area contributed by atoms with Gasteiger partial charge in [0.05, 0.1) is 6.61 Å².